The molecule has 0 fully saturated rings. The first-order valence-electron chi connectivity index (χ1n) is 5.21. The second kappa shape index (κ2) is 4.85. The molecule has 0 spiro atoms. The zero-order valence-corrected chi connectivity index (χ0v) is 9.54. The largest absolute Gasteiger partial charge is 0.311 e. The maximum Gasteiger partial charge on any atom is 0.182 e. The van der Waals surface area contributed by atoms with Crippen LogP contribution in [-0.4, -0.2) is 45.3 Å². The smallest absolute Gasteiger partial charge is 0.182 e. The van der Waals surface area contributed by atoms with Crippen molar-refractivity contribution < 1.29 is 0 Å². The van der Waals surface area contributed by atoms with Crippen LogP contribution in [0.1, 0.15) is 0 Å². The number of likely N-dealkylation sites (N-methyl/N-ethyl adjacent to an activating group) is 1. The summed E-state index contributed by atoms with van der Waals surface area (Å²) in [6.45, 7) is 1.82. The fourth-order valence-electron chi connectivity index (χ4n) is 1.42. The van der Waals surface area contributed by atoms with E-state index in [-0.39, 0.29) is 0 Å². The number of aromatic nitrogens is 4. The molecule has 0 aliphatic carbocycles. The maximum atomic E-state index is 4.27. The minimum Gasteiger partial charge on any atom is -0.311 e. The van der Waals surface area contributed by atoms with Gasteiger partial charge in [0.15, 0.2) is 5.82 Å². The Hall–Kier alpha value is -1.75. The third kappa shape index (κ3) is 2.43. The zero-order chi connectivity index (χ0) is 11.4. The van der Waals surface area contributed by atoms with E-state index in [0.29, 0.717) is 0 Å². The lowest BCUT2D eigenvalue weighted by Crippen LogP contribution is -2.18. The Balaban J connectivity index is 2.19. The molecule has 2 heterocycles. The second-order valence-electron chi connectivity index (χ2n) is 3.87. The highest BCUT2D eigenvalue weighted by atomic mass is 15.3. The predicted molar refractivity (Wildman–Crippen MR) is 61.8 cm³/mol. The third-order valence-electron chi connectivity index (χ3n) is 2.30. The minimum atomic E-state index is 0.822. The topological polar surface area (TPSA) is 46.8 Å². The molecule has 0 radical (unpaired) electrons. The average Bonchev–Trinajstić information content (AvgIpc) is 2.75. The zero-order valence-electron chi connectivity index (χ0n) is 9.54. The highest BCUT2D eigenvalue weighted by Crippen LogP contribution is 2.12. The predicted octanol–water partition coefficient (Wildman–Crippen LogP) is 0.902. The summed E-state index contributed by atoms with van der Waals surface area (Å²) in [5.74, 6) is 0.822. The summed E-state index contributed by atoms with van der Waals surface area (Å²) in [7, 11) is 4.09. The van der Waals surface area contributed by atoms with Gasteiger partial charge in [-0.25, -0.2) is 0 Å². The quantitative estimate of drug-likeness (QED) is 0.763. The second-order valence-corrected chi connectivity index (χ2v) is 3.87. The molecule has 2 rings (SSSR count). The minimum absolute atomic E-state index is 0.822. The van der Waals surface area contributed by atoms with E-state index in [1.54, 1.807) is 12.5 Å². The van der Waals surface area contributed by atoms with Crippen LogP contribution < -0.4 is 0 Å². The Morgan fingerprint density at radius 3 is 2.88 bits per heavy atom. The van der Waals surface area contributed by atoms with Gasteiger partial charge in [0.1, 0.15) is 12.0 Å². The lowest BCUT2D eigenvalue weighted by molar-refractivity contribution is 0.384. The van der Waals surface area contributed by atoms with Crippen molar-refractivity contribution in [2.45, 2.75) is 6.54 Å². The molecule has 0 bridgehead atoms. The summed E-state index contributed by atoms with van der Waals surface area (Å²) in [5.41, 5.74) is 0.860. The number of nitrogens with zero attached hydrogens (tertiary/aromatic N) is 5. The molecule has 5 heteroatoms. The Bertz CT molecular complexity index is 435. The van der Waals surface area contributed by atoms with Crippen molar-refractivity contribution in [3.05, 3.63) is 30.7 Å². The van der Waals surface area contributed by atoms with Crippen LogP contribution in [0.2, 0.25) is 0 Å². The van der Waals surface area contributed by atoms with Crippen molar-refractivity contribution in [2.75, 3.05) is 20.6 Å². The summed E-state index contributed by atoms with van der Waals surface area (Å²) in [6, 6.07) is 5.79. The highest BCUT2D eigenvalue weighted by Gasteiger charge is 2.07. The summed E-state index contributed by atoms with van der Waals surface area (Å²) >= 11 is 0. The van der Waals surface area contributed by atoms with Gasteiger partial charge in [0.2, 0.25) is 0 Å². The molecule has 2 aromatic heterocycles. The number of pyridine rings is 1. The van der Waals surface area contributed by atoms with Crippen LogP contribution in [0.4, 0.5) is 0 Å². The summed E-state index contributed by atoms with van der Waals surface area (Å²) in [4.78, 5) is 6.40. The van der Waals surface area contributed by atoms with Crippen molar-refractivity contribution >= 4 is 0 Å². The monoisotopic (exact) mass is 217 g/mol. The van der Waals surface area contributed by atoms with E-state index in [1.165, 1.54) is 0 Å². The maximum absolute atomic E-state index is 4.27. The Morgan fingerprint density at radius 1 is 1.31 bits per heavy atom. The van der Waals surface area contributed by atoms with Crippen LogP contribution in [-0.2, 0) is 6.54 Å². The molecule has 0 saturated carbocycles. The van der Waals surface area contributed by atoms with Gasteiger partial charge in [0, 0.05) is 19.3 Å². The van der Waals surface area contributed by atoms with E-state index in [9.17, 15) is 0 Å². The molecule has 0 unspecified atom stereocenters. The molecule has 0 saturated heterocycles. The lowest BCUT2D eigenvalue weighted by atomic mass is 10.3. The molecule has 0 atom stereocenters. The Kier molecular flexibility index (Phi) is 3.26. The first-order valence-corrected chi connectivity index (χ1v) is 5.21. The molecule has 5 nitrogen and oxygen atoms in total. The Morgan fingerprint density at radius 2 is 2.19 bits per heavy atom. The molecule has 0 aliphatic heterocycles. The van der Waals surface area contributed by atoms with Crippen molar-refractivity contribution in [1.82, 2.24) is 24.6 Å². The van der Waals surface area contributed by atoms with Crippen molar-refractivity contribution in [3.8, 4) is 11.5 Å². The Labute approximate surface area is 94.8 Å². The molecule has 16 heavy (non-hydrogen) atoms. The first-order chi connectivity index (χ1) is 7.77. The standard InChI is InChI=1S/C11H15N5/c1-15(2)7-8-16-9-13-14-11(16)10-5-3-4-6-12-10/h3-6,9H,7-8H2,1-2H3. The van der Waals surface area contributed by atoms with Crippen molar-refractivity contribution in [3.63, 3.8) is 0 Å². The molecule has 0 amide bonds. The van der Waals surface area contributed by atoms with Crippen LogP contribution in [0.5, 0.6) is 0 Å². The molecule has 84 valence electrons. The van der Waals surface area contributed by atoms with E-state index in [1.807, 2.05) is 36.9 Å². The average molecular weight is 217 g/mol. The molecule has 0 aliphatic rings. The van der Waals surface area contributed by atoms with Crippen LogP contribution in [0.15, 0.2) is 30.7 Å². The van der Waals surface area contributed by atoms with Gasteiger partial charge < -0.3 is 9.47 Å². The van der Waals surface area contributed by atoms with E-state index < -0.39 is 0 Å². The van der Waals surface area contributed by atoms with Gasteiger partial charge in [0.25, 0.3) is 0 Å². The summed E-state index contributed by atoms with van der Waals surface area (Å²) in [6.07, 6.45) is 3.51. The van der Waals surface area contributed by atoms with Crippen LogP contribution >= 0.6 is 0 Å². The number of rotatable bonds is 4. The normalized spacial score (nSPS) is 10.9. The van der Waals surface area contributed by atoms with Gasteiger partial charge in [-0.05, 0) is 26.2 Å². The third-order valence-corrected chi connectivity index (χ3v) is 2.30. The van der Waals surface area contributed by atoms with Gasteiger partial charge in [-0.3, -0.25) is 4.98 Å². The fraction of sp³-hybridized carbons (Fsp3) is 0.364. The van der Waals surface area contributed by atoms with Gasteiger partial charge in [0.05, 0.1) is 0 Å². The van der Waals surface area contributed by atoms with Gasteiger partial charge >= 0.3 is 0 Å². The highest BCUT2D eigenvalue weighted by molar-refractivity contribution is 5.48. The lowest BCUT2D eigenvalue weighted by Gasteiger charge is -2.10. The van der Waals surface area contributed by atoms with E-state index in [4.69, 9.17) is 0 Å². The molecular formula is C11H15N5. The summed E-state index contributed by atoms with van der Waals surface area (Å²) in [5, 5.41) is 8.03. The van der Waals surface area contributed by atoms with Crippen LogP contribution in [0.3, 0.4) is 0 Å². The van der Waals surface area contributed by atoms with Gasteiger partial charge in [-0.1, -0.05) is 6.07 Å². The molecular weight excluding hydrogens is 202 g/mol. The van der Waals surface area contributed by atoms with E-state index in [2.05, 4.69) is 20.1 Å². The number of hydrogen-bond donors (Lipinski definition) is 0. The molecule has 2 aromatic rings. The van der Waals surface area contributed by atoms with Crippen LogP contribution in [0.25, 0.3) is 11.5 Å². The van der Waals surface area contributed by atoms with Gasteiger partial charge in [-0.15, -0.1) is 10.2 Å². The summed E-state index contributed by atoms with van der Waals surface area (Å²) < 4.78 is 2.02. The fourth-order valence-corrected chi connectivity index (χ4v) is 1.42. The van der Waals surface area contributed by atoms with Crippen LogP contribution in [0, 0.1) is 0 Å². The molecule has 0 N–H and O–H groups in total. The van der Waals surface area contributed by atoms with Crippen molar-refractivity contribution in [2.24, 2.45) is 0 Å². The van der Waals surface area contributed by atoms with E-state index in [0.717, 1.165) is 24.6 Å². The first kappa shape index (κ1) is 10.8. The molecule has 0 aromatic carbocycles. The van der Waals surface area contributed by atoms with Gasteiger partial charge in [-0.2, -0.15) is 0 Å². The van der Waals surface area contributed by atoms with E-state index >= 15 is 0 Å². The van der Waals surface area contributed by atoms with Crippen molar-refractivity contribution in [1.29, 1.82) is 0 Å². The number of hydrogen-bond acceptors (Lipinski definition) is 4. The SMILES string of the molecule is CN(C)CCn1cnnc1-c1ccccn1.